The van der Waals surface area contributed by atoms with Crippen molar-refractivity contribution in [3.8, 4) is 0 Å². The summed E-state index contributed by atoms with van der Waals surface area (Å²) >= 11 is 0. The zero-order valence-electron chi connectivity index (χ0n) is 19.4. The lowest BCUT2D eigenvalue weighted by molar-refractivity contribution is -0.168. The Labute approximate surface area is 176 Å². The monoisotopic (exact) mass is 402 g/mol. The second-order valence-corrected chi connectivity index (χ2v) is 9.85. The first-order valence-electron chi connectivity index (χ1n) is 10.4. The predicted molar refractivity (Wildman–Crippen MR) is 118 cm³/mol. The fourth-order valence-electron chi connectivity index (χ4n) is 3.36. The van der Waals surface area contributed by atoms with Gasteiger partial charge in [-0.05, 0) is 49.2 Å². The Bertz CT molecular complexity index is 707. The van der Waals surface area contributed by atoms with Crippen molar-refractivity contribution in [2.75, 3.05) is 13.2 Å². The Kier molecular flexibility index (Phi) is 8.67. The number of rotatable bonds is 9. The SMILES string of the molecule is CCC(C)(C)C(C)(CC(C)(C)C)C(=O)OCCOC(=O)/C=C/c1ccc(C)cc1. The zero-order valence-corrected chi connectivity index (χ0v) is 19.4. The van der Waals surface area contributed by atoms with Gasteiger partial charge in [0.2, 0.25) is 0 Å². The lowest BCUT2D eigenvalue weighted by atomic mass is 9.59. The van der Waals surface area contributed by atoms with Gasteiger partial charge < -0.3 is 9.47 Å². The minimum Gasteiger partial charge on any atom is -0.462 e. The molecule has 0 aliphatic carbocycles. The molecule has 0 saturated carbocycles. The van der Waals surface area contributed by atoms with Crippen LogP contribution in [0.2, 0.25) is 0 Å². The number of hydrogen-bond donors (Lipinski definition) is 0. The van der Waals surface area contributed by atoms with Crippen LogP contribution >= 0.6 is 0 Å². The molecule has 0 aliphatic rings. The summed E-state index contributed by atoms with van der Waals surface area (Å²) in [5.74, 6) is -0.682. The minimum absolute atomic E-state index is 0.00650. The fourth-order valence-corrected chi connectivity index (χ4v) is 3.36. The maximum atomic E-state index is 13.0. The molecular formula is C25H38O4. The fraction of sp³-hybridized carbons (Fsp3) is 0.600. The van der Waals surface area contributed by atoms with E-state index in [9.17, 15) is 9.59 Å². The van der Waals surface area contributed by atoms with Gasteiger partial charge in [0.25, 0.3) is 0 Å². The van der Waals surface area contributed by atoms with E-state index in [0.29, 0.717) is 0 Å². The van der Waals surface area contributed by atoms with E-state index >= 15 is 0 Å². The molecule has 0 fully saturated rings. The van der Waals surface area contributed by atoms with Crippen molar-refractivity contribution in [1.29, 1.82) is 0 Å². The largest absolute Gasteiger partial charge is 0.462 e. The number of ether oxygens (including phenoxy) is 2. The van der Waals surface area contributed by atoms with Crippen molar-refractivity contribution < 1.29 is 19.1 Å². The quantitative estimate of drug-likeness (QED) is 0.290. The number of carbonyl (C=O) groups excluding carboxylic acids is 2. The molecule has 0 heterocycles. The maximum Gasteiger partial charge on any atom is 0.330 e. The van der Waals surface area contributed by atoms with Crippen molar-refractivity contribution in [3.63, 3.8) is 0 Å². The van der Waals surface area contributed by atoms with Gasteiger partial charge in [-0.3, -0.25) is 4.79 Å². The van der Waals surface area contributed by atoms with Gasteiger partial charge in [-0.1, -0.05) is 71.4 Å². The van der Waals surface area contributed by atoms with E-state index in [-0.39, 0.29) is 30.0 Å². The molecule has 1 rings (SSSR count). The molecule has 0 bridgehead atoms. The van der Waals surface area contributed by atoms with Crippen molar-refractivity contribution in [1.82, 2.24) is 0 Å². The van der Waals surface area contributed by atoms with Gasteiger partial charge in [0.05, 0.1) is 5.41 Å². The van der Waals surface area contributed by atoms with Crippen LogP contribution in [-0.4, -0.2) is 25.2 Å². The second kappa shape index (κ2) is 10.1. The molecule has 0 aliphatic heterocycles. The van der Waals surface area contributed by atoms with Crippen molar-refractivity contribution >= 4 is 18.0 Å². The Morgan fingerprint density at radius 3 is 2.00 bits per heavy atom. The van der Waals surface area contributed by atoms with E-state index in [1.807, 2.05) is 38.1 Å². The molecule has 0 amide bonds. The number of esters is 2. The second-order valence-electron chi connectivity index (χ2n) is 9.85. The number of hydrogen-bond acceptors (Lipinski definition) is 4. The average molecular weight is 403 g/mol. The van der Waals surface area contributed by atoms with E-state index in [1.165, 1.54) is 6.08 Å². The predicted octanol–water partition coefficient (Wildman–Crippen LogP) is 5.97. The summed E-state index contributed by atoms with van der Waals surface area (Å²) < 4.78 is 10.7. The molecule has 0 radical (unpaired) electrons. The third kappa shape index (κ3) is 7.68. The Morgan fingerprint density at radius 2 is 1.48 bits per heavy atom. The van der Waals surface area contributed by atoms with Crippen LogP contribution in [0.15, 0.2) is 30.3 Å². The average Bonchev–Trinajstić information content (AvgIpc) is 2.63. The molecule has 1 unspecified atom stereocenters. The van der Waals surface area contributed by atoms with Gasteiger partial charge in [-0.2, -0.15) is 0 Å². The van der Waals surface area contributed by atoms with E-state index in [2.05, 4.69) is 41.5 Å². The first kappa shape index (κ1) is 24.9. The molecule has 1 atom stereocenters. The standard InChI is InChI=1S/C25H38O4/c1-9-24(6,7)25(8,18-23(3,4)5)22(27)29-17-16-28-21(26)15-14-20-12-10-19(2)11-13-20/h10-15H,9,16-18H2,1-8H3/b15-14+. The first-order valence-corrected chi connectivity index (χ1v) is 10.4. The van der Waals surface area contributed by atoms with Crippen molar-refractivity contribution in [3.05, 3.63) is 41.5 Å². The lowest BCUT2D eigenvalue weighted by Crippen LogP contribution is -2.45. The molecule has 0 N–H and O–H groups in total. The summed E-state index contributed by atoms with van der Waals surface area (Å²) in [5, 5.41) is 0. The van der Waals surface area contributed by atoms with E-state index in [4.69, 9.17) is 9.47 Å². The zero-order chi connectivity index (χ0) is 22.3. The minimum atomic E-state index is -0.616. The van der Waals surface area contributed by atoms with Crippen molar-refractivity contribution in [2.24, 2.45) is 16.2 Å². The lowest BCUT2D eigenvalue weighted by Gasteiger charge is -2.45. The van der Waals surface area contributed by atoms with Gasteiger partial charge in [0, 0.05) is 6.08 Å². The molecule has 29 heavy (non-hydrogen) atoms. The molecule has 4 heteroatoms. The highest BCUT2D eigenvalue weighted by Crippen LogP contribution is 2.49. The van der Waals surface area contributed by atoms with Crippen LogP contribution in [0.5, 0.6) is 0 Å². The van der Waals surface area contributed by atoms with Crippen LogP contribution in [0.25, 0.3) is 6.08 Å². The van der Waals surface area contributed by atoms with Gasteiger partial charge in [0.15, 0.2) is 0 Å². The van der Waals surface area contributed by atoms with Crippen LogP contribution in [0.4, 0.5) is 0 Å². The van der Waals surface area contributed by atoms with E-state index in [0.717, 1.165) is 24.0 Å². The van der Waals surface area contributed by atoms with Crippen LogP contribution in [-0.2, 0) is 19.1 Å². The molecule has 0 saturated heterocycles. The Hall–Kier alpha value is -2.10. The highest BCUT2D eigenvalue weighted by molar-refractivity contribution is 5.87. The first-order chi connectivity index (χ1) is 13.3. The highest BCUT2D eigenvalue weighted by Gasteiger charge is 2.49. The Balaban J connectivity index is 2.59. The van der Waals surface area contributed by atoms with Gasteiger partial charge in [-0.15, -0.1) is 0 Å². The van der Waals surface area contributed by atoms with Gasteiger partial charge >= 0.3 is 11.9 Å². The third-order valence-electron chi connectivity index (χ3n) is 5.76. The molecule has 0 aromatic heterocycles. The van der Waals surface area contributed by atoms with E-state index in [1.54, 1.807) is 6.08 Å². The van der Waals surface area contributed by atoms with Crippen LogP contribution in [0, 0.1) is 23.2 Å². The molecule has 1 aromatic rings. The summed E-state index contributed by atoms with van der Waals surface area (Å²) in [6.45, 7) is 16.8. The summed E-state index contributed by atoms with van der Waals surface area (Å²) in [6.07, 6.45) is 4.68. The molecule has 162 valence electrons. The van der Waals surface area contributed by atoms with E-state index < -0.39 is 11.4 Å². The number of aryl methyl sites for hydroxylation is 1. The maximum absolute atomic E-state index is 13.0. The third-order valence-corrected chi connectivity index (χ3v) is 5.76. The normalized spacial score (nSPS) is 14.5. The summed E-state index contributed by atoms with van der Waals surface area (Å²) in [7, 11) is 0. The summed E-state index contributed by atoms with van der Waals surface area (Å²) in [4.78, 5) is 24.8. The molecule has 0 spiro atoms. The highest BCUT2D eigenvalue weighted by atomic mass is 16.6. The smallest absolute Gasteiger partial charge is 0.330 e. The summed E-state index contributed by atoms with van der Waals surface area (Å²) in [6, 6.07) is 7.84. The topological polar surface area (TPSA) is 52.6 Å². The number of benzene rings is 1. The van der Waals surface area contributed by atoms with Gasteiger partial charge in [0.1, 0.15) is 13.2 Å². The summed E-state index contributed by atoms with van der Waals surface area (Å²) in [5.41, 5.74) is 1.27. The molecular weight excluding hydrogens is 364 g/mol. The van der Waals surface area contributed by atoms with Crippen LogP contribution in [0.3, 0.4) is 0 Å². The van der Waals surface area contributed by atoms with Crippen LogP contribution in [0.1, 0.15) is 72.4 Å². The number of carbonyl (C=O) groups is 2. The Morgan fingerprint density at radius 1 is 0.931 bits per heavy atom. The van der Waals surface area contributed by atoms with Crippen molar-refractivity contribution in [2.45, 2.75) is 68.2 Å². The molecule has 1 aromatic carbocycles. The van der Waals surface area contributed by atoms with Crippen LogP contribution < -0.4 is 0 Å². The molecule has 4 nitrogen and oxygen atoms in total. The van der Waals surface area contributed by atoms with Gasteiger partial charge in [-0.25, -0.2) is 4.79 Å².